The highest BCUT2D eigenvalue weighted by Crippen LogP contribution is 2.37. The van der Waals surface area contributed by atoms with Gasteiger partial charge < -0.3 is 4.74 Å². The lowest BCUT2D eigenvalue weighted by Crippen LogP contribution is -2.31. The molecule has 3 heterocycles. The van der Waals surface area contributed by atoms with Crippen molar-refractivity contribution in [3.63, 3.8) is 0 Å². The molecular weight excluding hydrogens is 388 g/mol. The van der Waals surface area contributed by atoms with E-state index >= 15 is 0 Å². The van der Waals surface area contributed by atoms with Gasteiger partial charge >= 0.3 is 0 Å². The first-order chi connectivity index (χ1) is 13.6. The number of aromatic nitrogens is 2. The third-order valence-corrected chi connectivity index (χ3v) is 8.29. The summed E-state index contributed by atoms with van der Waals surface area (Å²) in [6.07, 6.45) is 9.33. The van der Waals surface area contributed by atoms with Crippen LogP contribution < -0.4 is 5.56 Å². The van der Waals surface area contributed by atoms with Gasteiger partial charge in [-0.2, -0.15) is 0 Å². The monoisotopic (exact) mass is 420 g/mol. The SMILES string of the molecule is CCCCSc1nc2sc3c(c2c(=O)n1C1CCCCC1)C[C@@H](C(C)C)OC3. The Labute approximate surface area is 176 Å². The minimum absolute atomic E-state index is 0.200. The number of nitrogens with zero attached hydrogens (tertiary/aromatic N) is 2. The first-order valence-electron chi connectivity index (χ1n) is 10.9. The van der Waals surface area contributed by atoms with E-state index < -0.39 is 0 Å². The van der Waals surface area contributed by atoms with Crippen LogP contribution in [-0.4, -0.2) is 21.4 Å². The zero-order chi connectivity index (χ0) is 19.7. The number of thiophene rings is 1. The molecule has 0 bridgehead atoms. The fraction of sp³-hybridized carbons (Fsp3) is 0.727. The van der Waals surface area contributed by atoms with Crippen molar-refractivity contribution in [1.29, 1.82) is 0 Å². The first kappa shape index (κ1) is 20.4. The van der Waals surface area contributed by atoms with E-state index in [2.05, 4.69) is 25.3 Å². The molecule has 2 aliphatic rings. The second-order valence-electron chi connectivity index (χ2n) is 8.54. The van der Waals surface area contributed by atoms with Gasteiger partial charge in [0.15, 0.2) is 5.16 Å². The van der Waals surface area contributed by atoms with Gasteiger partial charge in [0.05, 0.1) is 18.1 Å². The van der Waals surface area contributed by atoms with E-state index in [9.17, 15) is 4.79 Å². The second kappa shape index (κ2) is 8.88. The Balaban J connectivity index is 1.81. The van der Waals surface area contributed by atoms with Crippen molar-refractivity contribution in [2.45, 2.75) is 96.0 Å². The van der Waals surface area contributed by atoms with Crippen molar-refractivity contribution < 1.29 is 4.74 Å². The van der Waals surface area contributed by atoms with Crippen LogP contribution in [0.2, 0.25) is 0 Å². The Hall–Kier alpha value is -0.850. The summed E-state index contributed by atoms with van der Waals surface area (Å²) in [5, 5.41) is 1.83. The predicted octanol–water partition coefficient (Wildman–Crippen LogP) is 5.95. The van der Waals surface area contributed by atoms with Crippen molar-refractivity contribution in [2.24, 2.45) is 5.92 Å². The summed E-state index contributed by atoms with van der Waals surface area (Å²) >= 11 is 3.45. The van der Waals surface area contributed by atoms with Crippen LogP contribution >= 0.6 is 23.1 Å². The molecule has 2 aromatic rings. The number of hydrogen-bond donors (Lipinski definition) is 0. The molecule has 28 heavy (non-hydrogen) atoms. The topological polar surface area (TPSA) is 44.1 Å². The summed E-state index contributed by atoms with van der Waals surface area (Å²) < 4.78 is 8.14. The molecule has 1 aliphatic carbocycles. The van der Waals surface area contributed by atoms with E-state index in [1.54, 1.807) is 23.1 Å². The number of rotatable bonds is 6. The van der Waals surface area contributed by atoms with Gasteiger partial charge in [-0.15, -0.1) is 11.3 Å². The molecule has 4 nitrogen and oxygen atoms in total. The minimum Gasteiger partial charge on any atom is -0.372 e. The van der Waals surface area contributed by atoms with E-state index in [0.717, 1.165) is 46.8 Å². The zero-order valence-corrected chi connectivity index (χ0v) is 19.0. The van der Waals surface area contributed by atoms with E-state index in [1.807, 2.05) is 0 Å². The van der Waals surface area contributed by atoms with Crippen molar-refractivity contribution >= 4 is 33.3 Å². The van der Waals surface area contributed by atoms with Crippen molar-refractivity contribution in [1.82, 2.24) is 9.55 Å². The fourth-order valence-corrected chi connectivity index (χ4v) is 6.73. The molecule has 1 aliphatic heterocycles. The van der Waals surface area contributed by atoms with E-state index in [0.29, 0.717) is 18.6 Å². The summed E-state index contributed by atoms with van der Waals surface area (Å²) in [6.45, 7) is 7.24. The van der Waals surface area contributed by atoms with E-state index in [1.165, 1.54) is 36.1 Å². The number of ether oxygens (including phenoxy) is 1. The lowest BCUT2D eigenvalue weighted by atomic mass is 9.94. The molecule has 0 radical (unpaired) electrons. The third-order valence-electron chi connectivity index (χ3n) is 6.15. The summed E-state index contributed by atoms with van der Waals surface area (Å²) in [7, 11) is 0. The van der Waals surface area contributed by atoms with Crippen molar-refractivity contribution in [3.05, 3.63) is 20.8 Å². The summed E-state index contributed by atoms with van der Waals surface area (Å²) in [5.74, 6) is 1.49. The molecule has 2 aromatic heterocycles. The average Bonchev–Trinajstić information content (AvgIpc) is 3.06. The van der Waals surface area contributed by atoms with Gasteiger partial charge in [0.25, 0.3) is 5.56 Å². The molecule has 154 valence electrons. The Kier molecular flexibility index (Phi) is 6.48. The third kappa shape index (κ3) is 3.92. The number of unbranched alkanes of at least 4 members (excludes halogenated alkanes) is 1. The molecule has 1 saturated carbocycles. The molecule has 6 heteroatoms. The number of hydrogen-bond acceptors (Lipinski definition) is 5. The smallest absolute Gasteiger partial charge is 0.263 e. The highest BCUT2D eigenvalue weighted by Gasteiger charge is 2.30. The van der Waals surface area contributed by atoms with Gasteiger partial charge in [0.2, 0.25) is 0 Å². The molecule has 0 spiro atoms. The number of thioether (sulfide) groups is 1. The van der Waals surface area contributed by atoms with Gasteiger partial charge in [-0.3, -0.25) is 9.36 Å². The summed E-state index contributed by atoms with van der Waals surface area (Å²) in [6, 6.07) is 0.318. The van der Waals surface area contributed by atoms with Gasteiger partial charge in [-0.1, -0.05) is 58.2 Å². The molecule has 0 aromatic carbocycles. The standard InChI is InChI=1S/C22H32N2O2S2/c1-4-5-11-27-22-23-20-19(21(25)24(22)15-9-7-6-8-10-15)16-12-17(14(2)3)26-13-18(16)28-20/h14-15,17H,4-13H2,1-3H3/t17-/m0/s1. The Morgan fingerprint density at radius 1 is 1.29 bits per heavy atom. The molecular formula is C22H32N2O2S2. The van der Waals surface area contributed by atoms with Gasteiger partial charge in [-0.05, 0) is 30.7 Å². The van der Waals surface area contributed by atoms with Crippen LogP contribution in [0, 0.1) is 5.92 Å². The van der Waals surface area contributed by atoms with Crippen LogP contribution in [0.1, 0.15) is 82.2 Å². The van der Waals surface area contributed by atoms with Crippen LogP contribution in [0.5, 0.6) is 0 Å². The normalized spacial score (nSPS) is 20.8. The Bertz CT molecular complexity index is 881. The van der Waals surface area contributed by atoms with Gasteiger partial charge in [0.1, 0.15) is 4.83 Å². The molecule has 0 unspecified atom stereocenters. The first-order valence-corrected chi connectivity index (χ1v) is 12.7. The maximum atomic E-state index is 13.8. The molecule has 0 N–H and O–H groups in total. The fourth-order valence-electron chi connectivity index (χ4n) is 4.42. The van der Waals surface area contributed by atoms with Crippen LogP contribution in [0.4, 0.5) is 0 Å². The van der Waals surface area contributed by atoms with E-state index in [4.69, 9.17) is 9.72 Å². The van der Waals surface area contributed by atoms with Crippen LogP contribution in [0.15, 0.2) is 9.95 Å². The summed E-state index contributed by atoms with van der Waals surface area (Å²) in [5.41, 5.74) is 1.43. The molecule has 4 rings (SSSR count). The molecule has 1 fully saturated rings. The van der Waals surface area contributed by atoms with Crippen LogP contribution in [-0.2, 0) is 17.8 Å². The van der Waals surface area contributed by atoms with Crippen molar-refractivity contribution in [3.8, 4) is 0 Å². The molecule has 0 saturated heterocycles. The zero-order valence-electron chi connectivity index (χ0n) is 17.3. The second-order valence-corrected chi connectivity index (χ2v) is 10.7. The number of fused-ring (bicyclic) bond motifs is 3. The maximum Gasteiger partial charge on any atom is 0.263 e. The average molecular weight is 421 g/mol. The lowest BCUT2D eigenvalue weighted by molar-refractivity contribution is 0.00200. The predicted molar refractivity (Wildman–Crippen MR) is 119 cm³/mol. The largest absolute Gasteiger partial charge is 0.372 e. The minimum atomic E-state index is 0.200. The Morgan fingerprint density at radius 3 is 2.79 bits per heavy atom. The van der Waals surface area contributed by atoms with Crippen LogP contribution in [0.25, 0.3) is 10.2 Å². The van der Waals surface area contributed by atoms with Gasteiger partial charge in [0, 0.05) is 23.1 Å². The van der Waals surface area contributed by atoms with Crippen LogP contribution in [0.3, 0.4) is 0 Å². The van der Waals surface area contributed by atoms with E-state index in [-0.39, 0.29) is 11.7 Å². The van der Waals surface area contributed by atoms with Crippen molar-refractivity contribution in [2.75, 3.05) is 5.75 Å². The van der Waals surface area contributed by atoms with Gasteiger partial charge in [-0.25, -0.2) is 4.98 Å². The highest BCUT2D eigenvalue weighted by molar-refractivity contribution is 7.99. The lowest BCUT2D eigenvalue weighted by Gasteiger charge is -2.27. The summed E-state index contributed by atoms with van der Waals surface area (Å²) in [4.78, 5) is 20.9. The highest BCUT2D eigenvalue weighted by atomic mass is 32.2. The maximum absolute atomic E-state index is 13.8. The Morgan fingerprint density at radius 2 is 2.07 bits per heavy atom. The quantitative estimate of drug-likeness (QED) is 0.329. The molecule has 0 amide bonds. The molecule has 1 atom stereocenters.